The predicted octanol–water partition coefficient (Wildman–Crippen LogP) is 1.17. The zero-order valence-corrected chi connectivity index (χ0v) is 12.2. The highest BCUT2D eigenvalue weighted by Gasteiger charge is 2.18. The monoisotopic (exact) mass is 264 g/mol. The summed E-state index contributed by atoms with van der Waals surface area (Å²) in [7, 11) is 0. The number of nitrogens with one attached hydrogen (secondary N) is 1. The molecule has 0 atom stereocenters. The molecule has 2 rings (SSSR count). The molecule has 1 fully saturated rings. The molecule has 5 heteroatoms. The van der Waals surface area contributed by atoms with E-state index in [1.54, 1.807) is 0 Å². The van der Waals surface area contributed by atoms with Gasteiger partial charge in [-0.1, -0.05) is 20.3 Å². The molecule has 0 aliphatic carbocycles. The summed E-state index contributed by atoms with van der Waals surface area (Å²) in [6.45, 7) is 11.2. The number of aryl methyl sites for hydroxylation is 1. The van der Waals surface area contributed by atoms with Crippen LogP contribution in [0.4, 0.5) is 5.95 Å². The van der Waals surface area contributed by atoms with Crippen LogP contribution in [0.15, 0.2) is 4.79 Å². The topological polar surface area (TPSA) is 52.2 Å². The van der Waals surface area contributed by atoms with Crippen molar-refractivity contribution in [3.8, 4) is 0 Å². The first-order valence-corrected chi connectivity index (χ1v) is 7.22. The minimum atomic E-state index is 0.0299. The first-order valence-electron chi connectivity index (χ1n) is 7.22. The van der Waals surface area contributed by atoms with Crippen molar-refractivity contribution in [2.24, 2.45) is 0 Å². The number of piperazine rings is 1. The lowest BCUT2D eigenvalue weighted by Gasteiger charge is -2.34. The van der Waals surface area contributed by atoms with Crippen LogP contribution in [0.25, 0.3) is 0 Å². The van der Waals surface area contributed by atoms with Gasteiger partial charge in [-0.15, -0.1) is 0 Å². The van der Waals surface area contributed by atoms with Gasteiger partial charge < -0.3 is 9.80 Å². The normalized spacial score (nSPS) is 16.9. The molecular weight excluding hydrogens is 240 g/mol. The second-order valence-electron chi connectivity index (χ2n) is 5.12. The molecule has 0 aromatic carbocycles. The van der Waals surface area contributed by atoms with Crippen LogP contribution in [0.3, 0.4) is 0 Å². The average molecular weight is 264 g/mol. The van der Waals surface area contributed by atoms with Gasteiger partial charge in [0.15, 0.2) is 0 Å². The summed E-state index contributed by atoms with van der Waals surface area (Å²) in [6.07, 6.45) is 1.78. The first-order chi connectivity index (χ1) is 9.15. The standard InChI is InChI=1S/C14H24N4O/c1-4-6-12-11(3)15-14(16-13(12)19)18-9-7-17(5-2)8-10-18/h4-10H2,1-3H3,(H,15,16,19). The molecule has 0 bridgehead atoms. The molecule has 0 saturated carbocycles. The molecule has 1 aromatic heterocycles. The lowest BCUT2D eigenvalue weighted by molar-refractivity contribution is 0.269. The molecule has 1 aliphatic heterocycles. The Morgan fingerprint density at radius 1 is 1.21 bits per heavy atom. The molecule has 5 nitrogen and oxygen atoms in total. The second-order valence-corrected chi connectivity index (χ2v) is 5.12. The number of hydrogen-bond donors (Lipinski definition) is 1. The van der Waals surface area contributed by atoms with Gasteiger partial charge in [-0.2, -0.15) is 0 Å². The van der Waals surface area contributed by atoms with Crippen molar-refractivity contribution in [1.82, 2.24) is 14.9 Å². The van der Waals surface area contributed by atoms with Gasteiger partial charge in [0.2, 0.25) is 5.95 Å². The summed E-state index contributed by atoms with van der Waals surface area (Å²) in [5.41, 5.74) is 1.74. The van der Waals surface area contributed by atoms with Gasteiger partial charge in [0.05, 0.1) is 0 Å². The minimum Gasteiger partial charge on any atom is -0.340 e. The molecule has 0 unspecified atom stereocenters. The van der Waals surface area contributed by atoms with E-state index in [9.17, 15) is 4.79 Å². The summed E-state index contributed by atoms with van der Waals surface area (Å²) in [6, 6.07) is 0. The fraction of sp³-hybridized carbons (Fsp3) is 0.714. The number of likely N-dealkylation sites (N-methyl/N-ethyl adjacent to an activating group) is 1. The van der Waals surface area contributed by atoms with Gasteiger partial charge in [-0.3, -0.25) is 9.78 Å². The Hall–Kier alpha value is -1.36. The maximum atomic E-state index is 12.1. The van der Waals surface area contributed by atoms with E-state index in [0.717, 1.165) is 62.8 Å². The van der Waals surface area contributed by atoms with Crippen LogP contribution in [-0.2, 0) is 6.42 Å². The Morgan fingerprint density at radius 3 is 2.42 bits per heavy atom. The quantitative estimate of drug-likeness (QED) is 0.887. The van der Waals surface area contributed by atoms with E-state index in [-0.39, 0.29) is 5.56 Å². The number of H-pyrrole nitrogens is 1. The maximum absolute atomic E-state index is 12.1. The molecule has 0 amide bonds. The average Bonchev–Trinajstić information content (AvgIpc) is 2.43. The van der Waals surface area contributed by atoms with Crippen molar-refractivity contribution in [2.75, 3.05) is 37.6 Å². The lowest BCUT2D eigenvalue weighted by Crippen LogP contribution is -2.47. The molecule has 1 saturated heterocycles. The number of hydrogen-bond acceptors (Lipinski definition) is 4. The van der Waals surface area contributed by atoms with Gasteiger partial charge in [0.25, 0.3) is 5.56 Å². The fourth-order valence-electron chi connectivity index (χ4n) is 2.57. The third-order valence-electron chi connectivity index (χ3n) is 3.83. The number of aromatic amines is 1. The molecule has 2 heterocycles. The second kappa shape index (κ2) is 6.19. The minimum absolute atomic E-state index is 0.0299. The highest BCUT2D eigenvalue weighted by atomic mass is 16.1. The number of rotatable bonds is 4. The largest absolute Gasteiger partial charge is 0.340 e. The highest BCUT2D eigenvalue weighted by Crippen LogP contribution is 2.12. The molecule has 0 spiro atoms. The third kappa shape index (κ3) is 3.15. The van der Waals surface area contributed by atoms with Crippen LogP contribution >= 0.6 is 0 Å². The van der Waals surface area contributed by atoms with Gasteiger partial charge >= 0.3 is 0 Å². The van der Waals surface area contributed by atoms with E-state index in [4.69, 9.17) is 0 Å². The molecule has 1 aromatic rings. The summed E-state index contributed by atoms with van der Waals surface area (Å²) >= 11 is 0. The van der Waals surface area contributed by atoms with Crippen molar-refractivity contribution in [1.29, 1.82) is 0 Å². The molecule has 106 valence electrons. The fourth-order valence-corrected chi connectivity index (χ4v) is 2.57. The zero-order valence-electron chi connectivity index (χ0n) is 12.2. The zero-order chi connectivity index (χ0) is 13.8. The molecule has 1 aliphatic rings. The number of anilines is 1. The van der Waals surface area contributed by atoms with E-state index in [0.29, 0.717) is 0 Å². The smallest absolute Gasteiger partial charge is 0.255 e. The van der Waals surface area contributed by atoms with Crippen LogP contribution in [0.5, 0.6) is 0 Å². The third-order valence-corrected chi connectivity index (χ3v) is 3.83. The van der Waals surface area contributed by atoms with Gasteiger partial charge in [0.1, 0.15) is 0 Å². The summed E-state index contributed by atoms with van der Waals surface area (Å²) in [5, 5.41) is 0. The Morgan fingerprint density at radius 2 is 1.89 bits per heavy atom. The van der Waals surface area contributed by atoms with Crippen molar-refractivity contribution >= 4 is 5.95 Å². The Labute approximate surface area is 114 Å². The maximum Gasteiger partial charge on any atom is 0.255 e. The Balaban J connectivity index is 2.16. The van der Waals surface area contributed by atoms with Crippen molar-refractivity contribution in [3.05, 3.63) is 21.6 Å². The summed E-state index contributed by atoms with van der Waals surface area (Å²) < 4.78 is 0. The molecule has 0 radical (unpaired) electrons. The number of nitrogens with zero attached hydrogens (tertiary/aromatic N) is 3. The van der Waals surface area contributed by atoms with E-state index in [1.807, 2.05) is 6.92 Å². The van der Waals surface area contributed by atoms with Crippen LogP contribution in [0.2, 0.25) is 0 Å². The van der Waals surface area contributed by atoms with Crippen molar-refractivity contribution in [2.45, 2.75) is 33.6 Å². The van der Waals surface area contributed by atoms with E-state index in [2.05, 4.69) is 33.6 Å². The van der Waals surface area contributed by atoms with E-state index >= 15 is 0 Å². The van der Waals surface area contributed by atoms with Crippen molar-refractivity contribution in [3.63, 3.8) is 0 Å². The van der Waals surface area contributed by atoms with Gasteiger partial charge in [-0.05, 0) is 19.9 Å². The van der Waals surface area contributed by atoms with Gasteiger partial charge in [0, 0.05) is 37.4 Å². The van der Waals surface area contributed by atoms with Gasteiger partial charge in [-0.25, -0.2) is 4.98 Å². The van der Waals surface area contributed by atoms with Crippen LogP contribution in [0.1, 0.15) is 31.5 Å². The molecular formula is C14H24N4O. The predicted molar refractivity (Wildman–Crippen MR) is 77.9 cm³/mol. The summed E-state index contributed by atoms with van der Waals surface area (Å²) in [4.78, 5) is 24.2. The molecule has 19 heavy (non-hydrogen) atoms. The van der Waals surface area contributed by atoms with E-state index < -0.39 is 0 Å². The Bertz CT molecular complexity index is 475. The van der Waals surface area contributed by atoms with E-state index in [1.165, 1.54) is 0 Å². The van der Waals surface area contributed by atoms with Crippen LogP contribution in [-0.4, -0.2) is 47.6 Å². The highest BCUT2D eigenvalue weighted by molar-refractivity contribution is 5.33. The first kappa shape index (κ1) is 14.1. The summed E-state index contributed by atoms with van der Waals surface area (Å²) in [5.74, 6) is 0.734. The number of aromatic nitrogens is 2. The SMILES string of the molecule is CCCc1c(C)nc(N2CCN(CC)CC2)[nH]c1=O. The van der Waals surface area contributed by atoms with Crippen molar-refractivity contribution < 1.29 is 0 Å². The van der Waals surface area contributed by atoms with Crippen LogP contribution < -0.4 is 10.5 Å². The van der Waals surface area contributed by atoms with Crippen LogP contribution in [0, 0.1) is 6.92 Å². The Kier molecular flexibility index (Phi) is 4.58. The lowest BCUT2D eigenvalue weighted by atomic mass is 10.1. The molecule has 1 N–H and O–H groups in total.